The summed E-state index contributed by atoms with van der Waals surface area (Å²) in [5.74, 6) is -1.93. The molecule has 4 rings (SSSR count). The lowest BCUT2D eigenvalue weighted by molar-refractivity contribution is -0.149. The zero-order chi connectivity index (χ0) is 34.4. The summed E-state index contributed by atoms with van der Waals surface area (Å²) < 4.78 is 6.47. The predicted molar refractivity (Wildman–Crippen MR) is 184 cm³/mol. The fourth-order valence-electron chi connectivity index (χ4n) is 6.28. The maximum absolute atomic E-state index is 14.3. The number of hydrogen-bond acceptors (Lipinski definition) is 6. The van der Waals surface area contributed by atoms with Gasteiger partial charge in [-0.3, -0.25) is 19.2 Å². The first-order valence-electron chi connectivity index (χ1n) is 16.0. The average Bonchev–Trinajstić information content (AvgIpc) is 3.32. The molecule has 0 fully saturated rings. The molecule has 1 aromatic heterocycles. The first kappa shape index (κ1) is 35.7. The number of ether oxygens (including phenoxy) is 1. The molecule has 3 amide bonds. The van der Waals surface area contributed by atoms with Gasteiger partial charge >= 0.3 is 5.97 Å². The van der Waals surface area contributed by atoms with Crippen LogP contribution in [-0.4, -0.2) is 63.9 Å². The minimum absolute atomic E-state index is 0.0439. The van der Waals surface area contributed by atoms with E-state index in [2.05, 4.69) is 37.6 Å². The van der Waals surface area contributed by atoms with Gasteiger partial charge in [-0.2, -0.15) is 0 Å². The van der Waals surface area contributed by atoms with Gasteiger partial charge in [-0.25, -0.2) is 0 Å². The Morgan fingerprint density at radius 2 is 1.62 bits per heavy atom. The predicted octanol–water partition coefficient (Wildman–Crippen LogP) is 5.70. The summed E-state index contributed by atoms with van der Waals surface area (Å²) >= 11 is 3.60. The number of carbonyl (C=O) groups is 4. The molecule has 0 bridgehead atoms. The third-order valence-corrected chi connectivity index (χ3v) is 9.35. The molecule has 4 N–H and O–H groups in total. The summed E-state index contributed by atoms with van der Waals surface area (Å²) in [6, 6.07) is 11.2. The van der Waals surface area contributed by atoms with Gasteiger partial charge < -0.3 is 30.4 Å². The number of likely N-dealkylation sites (N-methyl/N-ethyl adjacent to an activating group) is 1. The number of phenols is 1. The number of H-pyrrole nitrogens is 1. The number of nitrogens with zero attached hydrogens (tertiary/aromatic N) is 1. The quantitative estimate of drug-likeness (QED) is 0.203. The maximum atomic E-state index is 14.3. The Morgan fingerprint density at radius 1 is 0.936 bits per heavy atom. The zero-order valence-corrected chi connectivity index (χ0v) is 29.4. The average molecular weight is 710 g/mol. The van der Waals surface area contributed by atoms with Crippen molar-refractivity contribution in [2.75, 3.05) is 7.05 Å². The first-order valence-corrected chi connectivity index (χ1v) is 16.8. The standard InChI is InChI=1S/C36H45BrN4O6/c1-20-15-21(2)17-23(4)47-32(43)19-30(25-11-13-26(42)14-12-25)40-35(45)31(18-28-27-9-7-8-10-29(27)39-33(28)37)41(6)36(46)24(5)38-34(44)22(3)16-20/h7-15,21-24,30-31,39,42H,16-19H2,1-6H3,(H,38,44)(H,40,45)/b20-15+/t21-,22+,23+,24-,30+,31+/m0/s1. The number of rotatable bonds is 3. The number of carbonyl (C=O) groups excluding carboxylic acids is 4. The van der Waals surface area contributed by atoms with E-state index in [1.165, 1.54) is 17.0 Å². The number of halogens is 1. The van der Waals surface area contributed by atoms with Crippen molar-refractivity contribution in [2.45, 2.75) is 84.5 Å². The Labute approximate surface area is 284 Å². The Kier molecular flexibility index (Phi) is 11.9. The van der Waals surface area contributed by atoms with E-state index in [1.807, 2.05) is 52.0 Å². The van der Waals surface area contributed by atoms with E-state index >= 15 is 0 Å². The Hall–Kier alpha value is -4.12. The van der Waals surface area contributed by atoms with Crippen LogP contribution in [0.25, 0.3) is 10.9 Å². The van der Waals surface area contributed by atoms with Crippen LogP contribution in [0, 0.1) is 11.8 Å². The zero-order valence-electron chi connectivity index (χ0n) is 27.8. The van der Waals surface area contributed by atoms with Gasteiger partial charge in [0.15, 0.2) is 0 Å². The van der Waals surface area contributed by atoms with Crippen molar-refractivity contribution < 1.29 is 29.0 Å². The molecule has 2 heterocycles. The van der Waals surface area contributed by atoms with E-state index in [1.54, 1.807) is 26.1 Å². The number of allylic oxidation sites excluding steroid dienone is 2. The lowest BCUT2D eigenvalue weighted by atomic mass is 9.95. The highest BCUT2D eigenvalue weighted by Crippen LogP contribution is 2.29. The molecule has 47 heavy (non-hydrogen) atoms. The third-order valence-electron chi connectivity index (χ3n) is 8.67. The van der Waals surface area contributed by atoms with E-state index in [4.69, 9.17) is 4.74 Å². The van der Waals surface area contributed by atoms with Gasteiger partial charge in [0.05, 0.1) is 23.2 Å². The highest BCUT2D eigenvalue weighted by molar-refractivity contribution is 9.10. The molecule has 0 saturated carbocycles. The number of fused-ring (bicyclic) bond motifs is 1. The minimum atomic E-state index is -1.02. The highest BCUT2D eigenvalue weighted by atomic mass is 79.9. The molecule has 11 heteroatoms. The van der Waals surface area contributed by atoms with Crippen molar-refractivity contribution in [3.63, 3.8) is 0 Å². The van der Waals surface area contributed by atoms with E-state index < -0.39 is 42.0 Å². The van der Waals surface area contributed by atoms with Gasteiger partial charge in [0, 0.05) is 30.3 Å². The SMILES string of the molecule is C/C1=C\[C@H](C)C[C@@H](C)OC(=O)C[C@H](c2ccc(O)cc2)NC(=O)[C@@H](Cc2c(Br)[nH]c3ccccc23)N(C)C(=O)[C@H](C)NC(=O)[C@H](C)C1. The largest absolute Gasteiger partial charge is 0.508 e. The Bertz CT molecular complexity index is 1630. The second-order valence-corrected chi connectivity index (χ2v) is 13.6. The van der Waals surface area contributed by atoms with E-state index in [0.29, 0.717) is 23.0 Å². The summed E-state index contributed by atoms with van der Waals surface area (Å²) in [6.07, 6.45) is 2.76. The van der Waals surface area contributed by atoms with Crippen LogP contribution in [0.5, 0.6) is 5.75 Å². The topological polar surface area (TPSA) is 141 Å². The number of para-hydroxylation sites is 1. The molecule has 0 spiro atoms. The number of hydrogen-bond donors (Lipinski definition) is 4. The van der Waals surface area contributed by atoms with Crippen molar-refractivity contribution in [2.24, 2.45) is 11.8 Å². The summed E-state index contributed by atoms with van der Waals surface area (Å²) in [6.45, 7) is 9.27. The van der Waals surface area contributed by atoms with Crippen LogP contribution in [0.4, 0.5) is 0 Å². The summed E-state index contributed by atoms with van der Waals surface area (Å²) in [4.78, 5) is 59.2. The second kappa shape index (κ2) is 15.6. The number of amides is 3. The number of aromatic amines is 1. The molecule has 6 atom stereocenters. The van der Waals surface area contributed by atoms with E-state index in [9.17, 15) is 24.3 Å². The van der Waals surface area contributed by atoms with Crippen LogP contribution in [0.3, 0.4) is 0 Å². The normalized spacial score (nSPS) is 27.1. The summed E-state index contributed by atoms with van der Waals surface area (Å²) in [5, 5.41) is 16.7. The lowest BCUT2D eigenvalue weighted by Crippen LogP contribution is -2.55. The summed E-state index contributed by atoms with van der Waals surface area (Å²) in [7, 11) is 1.55. The van der Waals surface area contributed by atoms with Crippen molar-refractivity contribution in [3.8, 4) is 5.75 Å². The number of nitrogens with one attached hydrogen (secondary N) is 3. The Balaban J connectivity index is 1.74. The smallest absolute Gasteiger partial charge is 0.308 e. The number of benzene rings is 2. The van der Waals surface area contributed by atoms with E-state index in [-0.39, 0.29) is 36.3 Å². The maximum Gasteiger partial charge on any atom is 0.308 e. The fraction of sp³-hybridized carbons (Fsp3) is 0.444. The molecule has 10 nitrogen and oxygen atoms in total. The molecular formula is C36H45BrN4O6. The van der Waals surface area contributed by atoms with Crippen LogP contribution < -0.4 is 10.6 Å². The monoisotopic (exact) mass is 708 g/mol. The first-order chi connectivity index (χ1) is 22.2. The van der Waals surface area contributed by atoms with Crippen molar-refractivity contribution in [1.82, 2.24) is 20.5 Å². The van der Waals surface area contributed by atoms with Gasteiger partial charge in [-0.15, -0.1) is 0 Å². The second-order valence-electron chi connectivity index (χ2n) is 12.9. The number of phenolic OH excluding ortho intramolecular Hbond substituents is 1. The van der Waals surface area contributed by atoms with E-state index in [0.717, 1.165) is 22.0 Å². The molecule has 2 aromatic carbocycles. The fourth-order valence-corrected chi connectivity index (χ4v) is 6.87. The molecule has 1 aliphatic rings. The lowest BCUT2D eigenvalue weighted by Gasteiger charge is -2.31. The van der Waals surface area contributed by atoms with Gasteiger partial charge in [-0.1, -0.05) is 55.8 Å². The van der Waals surface area contributed by atoms with Gasteiger partial charge in [-0.05, 0) is 84.8 Å². The van der Waals surface area contributed by atoms with Crippen molar-refractivity contribution in [3.05, 3.63) is 75.9 Å². The molecule has 0 aliphatic carbocycles. The minimum Gasteiger partial charge on any atom is -0.508 e. The van der Waals surface area contributed by atoms with Crippen LogP contribution in [0.1, 0.15) is 71.0 Å². The van der Waals surface area contributed by atoms with Gasteiger partial charge in [0.25, 0.3) is 0 Å². The van der Waals surface area contributed by atoms with Gasteiger partial charge in [0.1, 0.15) is 17.8 Å². The summed E-state index contributed by atoms with van der Waals surface area (Å²) in [5.41, 5.74) is 3.29. The number of aromatic hydroxyl groups is 1. The van der Waals surface area contributed by atoms with Crippen LogP contribution in [0.2, 0.25) is 0 Å². The molecule has 0 saturated heterocycles. The molecule has 1 aliphatic heterocycles. The van der Waals surface area contributed by atoms with Crippen LogP contribution in [-0.2, 0) is 30.3 Å². The molecule has 252 valence electrons. The van der Waals surface area contributed by atoms with Crippen LogP contribution >= 0.6 is 15.9 Å². The molecular weight excluding hydrogens is 664 g/mol. The Morgan fingerprint density at radius 3 is 2.32 bits per heavy atom. The van der Waals surface area contributed by atoms with Gasteiger partial charge in [0.2, 0.25) is 17.7 Å². The molecule has 0 radical (unpaired) electrons. The molecule has 0 unspecified atom stereocenters. The van der Waals surface area contributed by atoms with Crippen molar-refractivity contribution >= 4 is 50.5 Å². The molecule has 3 aromatic rings. The number of cyclic esters (lactones) is 1. The van der Waals surface area contributed by atoms with Crippen molar-refractivity contribution in [1.29, 1.82) is 0 Å². The number of aromatic nitrogens is 1. The third kappa shape index (κ3) is 9.24. The highest BCUT2D eigenvalue weighted by Gasteiger charge is 2.34. The number of esters is 1. The van der Waals surface area contributed by atoms with Crippen LogP contribution in [0.15, 0.2) is 64.8 Å².